The number of hydrogen-bond donors (Lipinski definition) is 0. The molecule has 0 aliphatic carbocycles. The van der Waals surface area contributed by atoms with Gasteiger partial charge >= 0.3 is 49.8 Å². The van der Waals surface area contributed by atoms with Crippen molar-refractivity contribution in [2.75, 3.05) is 46.2 Å². The van der Waals surface area contributed by atoms with Crippen molar-refractivity contribution in [2.24, 2.45) is 5.41 Å². The van der Waals surface area contributed by atoms with E-state index in [4.69, 9.17) is 65.2 Å². The molecule has 77 heavy (non-hydrogen) atoms. The molecule has 0 aromatic carbocycles. The summed E-state index contributed by atoms with van der Waals surface area (Å²) in [4.78, 5) is 0. The summed E-state index contributed by atoms with van der Waals surface area (Å²) in [6.07, 6.45) is 3.44. The summed E-state index contributed by atoms with van der Waals surface area (Å²) in [6.45, 7) is 73.2. The SMILES string of the molecule is CC(C)(C)B1OC(C)(C)C(C)(C)O1.CC(C)(C)B1OCCCO1.CC(C)(C)B1OCCO1.CC1(C)COB(C(C)(C)C)OC1.CC1CC(C)OB(C(C)(C)C)O1.CC1COB(C(C)(C)C)O1.CC1OB(C(C)(C)C)OC1C. The van der Waals surface area contributed by atoms with Gasteiger partial charge in [-0.3, -0.25) is 0 Å². The Bertz CT molecular complexity index is 1570. The zero-order valence-electron chi connectivity index (χ0n) is 56.0. The molecule has 0 spiro atoms. The lowest BCUT2D eigenvalue weighted by atomic mass is 9.60. The van der Waals surface area contributed by atoms with Crippen LogP contribution >= 0.6 is 0 Å². The van der Waals surface area contributed by atoms with Gasteiger partial charge in [0.15, 0.2) is 0 Å². The van der Waals surface area contributed by atoms with Crippen LogP contribution in [0.25, 0.3) is 0 Å². The first-order chi connectivity index (χ1) is 34.4. The third-order valence-electron chi connectivity index (χ3n) is 13.5. The van der Waals surface area contributed by atoms with Crippen molar-refractivity contribution < 1.29 is 65.2 Å². The lowest BCUT2D eigenvalue weighted by molar-refractivity contribution is 0.00578. The van der Waals surface area contributed by atoms with Gasteiger partial charge in [-0.25, -0.2) is 0 Å². The van der Waals surface area contributed by atoms with Crippen molar-refractivity contribution in [3.05, 3.63) is 0 Å². The molecule has 7 aliphatic heterocycles. The molecule has 21 heteroatoms. The molecule has 5 unspecified atom stereocenters. The predicted octanol–water partition coefficient (Wildman–Crippen LogP) is 14.6. The topological polar surface area (TPSA) is 129 Å². The van der Waals surface area contributed by atoms with E-state index in [1.165, 1.54) is 0 Å². The minimum absolute atomic E-state index is 0.00116. The van der Waals surface area contributed by atoms with Crippen LogP contribution in [0.5, 0.6) is 0 Å². The molecule has 7 rings (SSSR count). The highest BCUT2D eigenvalue weighted by Crippen LogP contribution is 2.44. The van der Waals surface area contributed by atoms with E-state index in [1.807, 2.05) is 6.92 Å². The lowest BCUT2D eigenvalue weighted by Crippen LogP contribution is -2.45. The summed E-state index contributed by atoms with van der Waals surface area (Å²) in [5, 5.41) is 0.700. The van der Waals surface area contributed by atoms with Gasteiger partial charge in [-0.2, -0.15) is 0 Å². The molecule has 14 nitrogen and oxygen atoms in total. The van der Waals surface area contributed by atoms with Crippen LogP contribution in [0, 0.1) is 5.41 Å². The fraction of sp³-hybridized carbons (Fsp3) is 1.00. The van der Waals surface area contributed by atoms with Crippen molar-refractivity contribution in [2.45, 2.75) is 313 Å². The molecule has 0 bridgehead atoms. The minimum Gasteiger partial charge on any atom is -0.411 e. The third-order valence-corrected chi connectivity index (χ3v) is 13.5. The average Bonchev–Trinajstić information content (AvgIpc) is 4.06. The molecule has 0 radical (unpaired) electrons. The normalized spacial score (nSPS) is 26.8. The van der Waals surface area contributed by atoms with Gasteiger partial charge in [-0.15, -0.1) is 0 Å². The second-order valence-corrected chi connectivity index (χ2v) is 31.9. The Kier molecular flexibility index (Phi) is 29.3. The van der Waals surface area contributed by atoms with Crippen molar-refractivity contribution >= 4 is 49.8 Å². The van der Waals surface area contributed by atoms with Crippen molar-refractivity contribution in [3.63, 3.8) is 0 Å². The Morgan fingerprint density at radius 1 is 0.312 bits per heavy atom. The van der Waals surface area contributed by atoms with E-state index in [-0.39, 0.29) is 122 Å². The summed E-state index contributed by atoms with van der Waals surface area (Å²) in [5.41, 5.74) is -0.225. The molecule has 5 atom stereocenters. The molecule has 0 aromatic heterocycles. The van der Waals surface area contributed by atoms with Gasteiger partial charge in [0.2, 0.25) is 0 Å². The Balaban J connectivity index is 0.000000450. The molecule has 7 heterocycles. The zero-order valence-corrected chi connectivity index (χ0v) is 56.0. The van der Waals surface area contributed by atoms with Crippen LogP contribution in [0.1, 0.15) is 234 Å². The standard InChI is InChI=1S/C10H21BO2.2C9H19BO2.C8H17BO2.2C7H15BO2.C6H13BO2/c1-8(2,3)11-12-9(4,5)10(6,7)13-11;1-8(2,3)10-11-6-9(4,5)7-12-10;1-7-6-8(2)12-10(11-7)9(3,4)5;1-6-7(2)11-9(10-6)8(3,4)5;1-6-5-9-8(10-6)7(2,3)4;1-7(2,3)8-9-5-4-6-10-8;1-6(2,3)7-8-4-5-9-7/h1-7H3;6-7H2,1-5H3;7-8H,6H2,1-5H3;6-7H,1-5H3;6H,5H2,1-4H3;4-6H2,1-3H3;4-5H2,1-3H3. The maximum atomic E-state index is 5.91. The quantitative estimate of drug-likeness (QED) is 0.213. The van der Waals surface area contributed by atoms with Crippen LogP contribution in [0.2, 0.25) is 37.2 Å². The average molecular weight is 1090 g/mol. The van der Waals surface area contributed by atoms with E-state index in [2.05, 4.69) is 215 Å². The van der Waals surface area contributed by atoms with Crippen LogP contribution in [0.4, 0.5) is 0 Å². The Morgan fingerprint density at radius 3 is 0.831 bits per heavy atom. The molecule has 7 aliphatic rings. The monoisotopic (exact) mass is 1090 g/mol. The smallest absolute Gasteiger partial charge is 0.411 e. The Morgan fingerprint density at radius 2 is 0.597 bits per heavy atom. The molecular weight excluding hydrogens is 972 g/mol. The van der Waals surface area contributed by atoms with Gasteiger partial charge in [0, 0.05) is 44.1 Å². The van der Waals surface area contributed by atoms with E-state index in [9.17, 15) is 0 Å². The largest absolute Gasteiger partial charge is 0.463 e. The predicted molar refractivity (Wildman–Crippen MR) is 326 cm³/mol. The Labute approximate surface area is 478 Å². The highest BCUT2D eigenvalue weighted by atomic mass is 16.7. The Hall–Kier alpha value is -0.105. The number of hydrogen-bond acceptors (Lipinski definition) is 14. The lowest BCUT2D eigenvalue weighted by Gasteiger charge is -2.37. The van der Waals surface area contributed by atoms with Crippen molar-refractivity contribution in [3.8, 4) is 0 Å². The first-order valence-electron chi connectivity index (χ1n) is 29.3. The second-order valence-electron chi connectivity index (χ2n) is 31.9. The van der Waals surface area contributed by atoms with Crippen LogP contribution in [-0.4, -0.2) is 138 Å². The zero-order chi connectivity index (χ0) is 60.2. The van der Waals surface area contributed by atoms with Crippen LogP contribution in [-0.2, 0) is 65.2 Å². The molecule has 0 N–H and O–H groups in total. The molecule has 0 aromatic rings. The van der Waals surface area contributed by atoms with Gasteiger partial charge < -0.3 is 65.2 Å². The highest BCUT2D eigenvalue weighted by molar-refractivity contribution is 6.51. The summed E-state index contributed by atoms with van der Waals surface area (Å²) in [6, 6.07) is 0. The second kappa shape index (κ2) is 30.1. The molecule has 448 valence electrons. The van der Waals surface area contributed by atoms with Gasteiger partial charge in [-0.1, -0.05) is 159 Å². The fourth-order valence-electron chi connectivity index (χ4n) is 7.69. The summed E-state index contributed by atoms with van der Waals surface area (Å²) in [7, 11) is -0.215. The maximum Gasteiger partial charge on any atom is 0.463 e. The van der Waals surface area contributed by atoms with Gasteiger partial charge in [0.25, 0.3) is 0 Å². The van der Waals surface area contributed by atoms with E-state index in [0.29, 0.717) is 12.2 Å². The van der Waals surface area contributed by atoms with Gasteiger partial charge in [-0.05, 0) is 112 Å². The van der Waals surface area contributed by atoms with E-state index < -0.39 is 0 Å². The van der Waals surface area contributed by atoms with Crippen LogP contribution in [0.15, 0.2) is 0 Å². The fourth-order valence-corrected chi connectivity index (χ4v) is 7.69. The third kappa shape index (κ3) is 28.4. The summed E-state index contributed by atoms with van der Waals surface area (Å²) >= 11 is 0. The number of rotatable bonds is 0. The molecular formula is C56H119B7O14. The van der Waals surface area contributed by atoms with Gasteiger partial charge in [0.05, 0.1) is 49.3 Å². The van der Waals surface area contributed by atoms with E-state index in [0.717, 1.165) is 59.1 Å². The highest BCUT2D eigenvalue weighted by Gasteiger charge is 2.55. The van der Waals surface area contributed by atoms with E-state index >= 15 is 0 Å². The van der Waals surface area contributed by atoms with Crippen molar-refractivity contribution in [1.29, 1.82) is 0 Å². The summed E-state index contributed by atoms with van der Waals surface area (Å²) < 4.78 is 78.1. The molecule has 7 fully saturated rings. The summed E-state index contributed by atoms with van der Waals surface area (Å²) in [5.74, 6) is 0. The van der Waals surface area contributed by atoms with Crippen LogP contribution < -0.4 is 0 Å². The molecule has 0 amide bonds. The maximum absolute atomic E-state index is 5.91. The first kappa shape index (κ1) is 74.9. The first-order valence-corrected chi connectivity index (χ1v) is 29.3. The van der Waals surface area contributed by atoms with E-state index in [1.54, 1.807) is 0 Å². The minimum atomic E-state index is -0.203. The molecule has 7 saturated heterocycles. The van der Waals surface area contributed by atoms with Crippen LogP contribution in [0.3, 0.4) is 0 Å². The van der Waals surface area contributed by atoms with Gasteiger partial charge in [0.1, 0.15) is 0 Å². The van der Waals surface area contributed by atoms with Crippen molar-refractivity contribution in [1.82, 2.24) is 0 Å². The molecule has 0 saturated carbocycles.